The molecule has 1 saturated heterocycles. The van der Waals surface area contributed by atoms with Crippen molar-refractivity contribution in [2.45, 2.75) is 18.9 Å². The number of piperidine rings is 1. The van der Waals surface area contributed by atoms with Crippen LogP contribution in [0, 0.1) is 0 Å². The minimum absolute atomic E-state index is 0.0737. The van der Waals surface area contributed by atoms with Crippen LogP contribution in [0.3, 0.4) is 0 Å². The maximum absolute atomic E-state index is 12.1. The first-order valence-electron chi connectivity index (χ1n) is 9.95. The summed E-state index contributed by atoms with van der Waals surface area (Å²) >= 11 is 0. The number of aromatic hydroxyl groups is 1. The highest BCUT2D eigenvalue weighted by Crippen LogP contribution is 2.31. The lowest BCUT2D eigenvalue weighted by Crippen LogP contribution is -2.32. The Labute approximate surface area is 170 Å². The van der Waals surface area contributed by atoms with E-state index in [1.807, 2.05) is 42.5 Å². The van der Waals surface area contributed by atoms with E-state index in [2.05, 4.69) is 22.2 Å². The number of carbonyl (C=O) groups excluding carboxylic acids is 1. The molecule has 1 fully saturated rings. The molecule has 150 valence electrons. The van der Waals surface area contributed by atoms with E-state index < -0.39 is 0 Å². The number of nitrogens with one attached hydrogen (secondary N) is 2. The largest absolute Gasteiger partial charge is 0.494 e. The number of fused-ring (bicyclic) bond motifs is 1. The third kappa shape index (κ3) is 3.89. The van der Waals surface area contributed by atoms with E-state index in [-0.39, 0.29) is 17.8 Å². The molecule has 0 unspecified atom stereocenters. The Morgan fingerprint density at radius 1 is 1.14 bits per heavy atom. The maximum atomic E-state index is 12.1. The molecule has 1 aliphatic heterocycles. The van der Waals surface area contributed by atoms with E-state index in [0.29, 0.717) is 11.1 Å². The van der Waals surface area contributed by atoms with Crippen molar-refractivity contribution in [1.82, 2.24) is 15.2 Å². The number of nitrogens with zero attached hydrogens (tertiary/aromatic N) is 2. The lowest BCUT2D eigenvalue weighted by Gasteiger charge is -2.27. The van der Waals surface area contributed by atoms with Gasteiger partial charge in [-0.15, -0.1) is 0 Å². The Morgan fingerprint density at radius 2 is 1.86 bits per heavy atom. The molecule has 0 spiro atoms. The minimum atomic E-state index is -0.160. The number of hydrogen-bond acceptors (Lipinski definition) is 4. The van der Waals surface area contributed by atoms with Crippen molar-refractivity contribution >= 4 is 22.5 Å². The third-order valence-electron chi connectivity index (χ3n) is 5.55. The molecule has 0 radical (unpaired) electrons. The topological polar surface area (TPSA) is 80.7 Å². The Morgan fingerprint density at radius 3 is 2.55 bits per heavy atom. The van der Waals surface area contributed by atoms with Crippen molar-refractivity contribution in [2.24, 2.45) is 4.99 Å². The van der Waals surface area contributed by atoms with Gasteiger partial charge in [-0.25, -0.2) is 0 Å². The smallest absolute Gasteiger partial charge is 0.251 e. The standard InChI is InChI=1S/C23H26N4O2/c1-24-22(28)16-8-9-19-18(14-16)20(23(29)26-19)21(15-6-4-3-5-7-15)25-17-10-12-27(2)13-11-17/h3-9,14,17,26,29H,10-13H2,1-2H3,(H,24,28). The van der Waals surface area contributed by atoms with Gasteiger partial charge >= 0.3 is 0 Å². The average molecular weight is 390 g/mol. The Kier molecular flexibility index (Phi) is 5.36. The highest BCUT2D eigenvalue weighted by atomic mass is 16.3. The van der Waals surface area contributed by atoms with E-state index in [1.165, 1.54) is 0 Å². The minimum Gasteiger partial charge on any atom is -0.494 e. The average Bonchev–Trinajstić information content (AvgIpc) is 3.08. The van der Waals surface area contributed by atoms with Crippen LogP contribution in [0.15, 0.2) is 53.5 Å². The second-order valence-electron chi connectivity index (χ2n) is 7.57. The van der Waals surface area contributed by atoms with Gasteiger partial charge in [0.25, 0.3) is 5.91 Å². The highest BCUT2D eigenvalue weighted by molar-refractivity contribution is 6.21. The maximum Gasteiger partial charge on any atom is 0.251 e. The van der Waals surface area contributed by atoms with Crippen LogP contribution >= 0.6 is 0 Å². The van der Waals surface area contributed by atoms with E-state index in [1.54, 1.807) is 13.1 Å². The lowest BCUT2D eigenvalue weighted by atomic mass is 9.98. The van der Waals surface area contributed by atoms with Crippen molar-refractivity contribution in [3.8, 4) is 5.88 Å². The molecule has 6 heteroatoms. The number of benzene rings is 2. The zero-order chi connectivity index (χ0) is 20.4. The van der Waals surface area contributed by atoms with Crippen LogP contribution < -0.4 is 5.32 Å². The van der Waals surface area contributed by atoms with Gasteiger partial charge in [-0.1, -0.05) is 30.3 Å². The van der Waals surface area contributed by atoms with Crippen LogP contribution in [0.25, 0.3) is 10.9 Å². The fraction of sp³-hybridized carbons (Fsp3) is 0.304. The summed E-state index contributed by atoms with van der Waals surface area (Å²) in [5, 5.41) is 14.2. The SMILES string of the molecule is CNC(=O)c1ccc2[nH]c(O)c(C(=NC3CCN(C)CC3)c3ccccc3)c2c1. The van der Waals surface area contributed by atoms with Crippen LogP contribution in [0.5, 0.6) is 5.88 Å². The number of H-pyrrole nitrogens is 1. The molecule has 0 aliphatic carbocycles. The number of amides is 1. The number of likely N-dealkylation sites (tertiary alicyclic amines) is 1. The number of carbonyl (C=O) groups is 1. The van der Waals surface area contributed by atoms with Gasteiger partial charge in [-0.3, -0.25) is 9.79 Å². The van der Waals surface area contributed by atoms with Gasteiger partial charge in [0.2, 0.25) is 0 Å². The summed E-state index contributed by atoms with van der Waals surface area (Å²) in [6.07, 6.45) is 1.97. The lowest BCUT2D eigenvalue weighted by molar-refractivity contribution is 0.0963. The molecule has 2 heterocycles. The third-order valence-corrected chi connectivity index (χ3v) is 5.55. The molecule has 6 nitrogen and oxygen atoms in total. The quantitative estimate of drug-likeness (QED) is 0.599. The molecule has 0 bridgehead atoms. The predicted octanol–water partition coefficient (Wildman–Crippen LogP) is 3.16. The summed E-state index contributed by atoms with van der Waals surface area (Å²) in [5.74, 6) is -0.0864. The van der Waals surface area contributed by atoms with Crippen molar-refractivity contribution in [3.05, 3.63) is 65.2 Å². The first-order chi connectivity index (χ1) is 14.1. The van der Waals surface area contributed by atoms with Crippen molar-refractivity contribution in [2.75, 3.05) is 27.2 Å². The predicted molar refractivity (Wildman–Crippen MR) is 116 cm³/mol. The summed E-state index contributed by atoms with van der Waals surface area (Å²) in [5.41, 5.74) is 3.69. The van der Waals surface area contributed by atoms with E-state index in [9.17, 15) is 9.90 Å². The van der Waals surface area contributed by atoms with Crippen LogP contribution in [0.2, 0.25) is 0 Å². The Balaban J connectivity index is 1.87. The van der Waals surface area contributed by atoms with Gasteiger partial charge in [0.15, 0.2) is 5.88 Å². The number of aliphatic imine (C=N–C) groups is 1. The van der Waals surface area contributed by atoms with E-state index in [0.717, 1.165) is 48.1 Å². The van der Waals surface area contributed by atoms with Gasteiger partial charge in [-0.05, 0) is 51.2 Å². The van der Waals surface area contributed by atoms with Gasteiger partial charge in [0, 0.05) is 29.1 Å². The fourth-order valence-corrected chi connectivity index (χ4v) is 3.89. The molecule has 1 amide bonds. The van der Waals surface area contributed by atoms with Crippen LogP contribution in [0.1, 0.15) is 34.3 Å². The second kappa shape index (κ2) is 8.09. The molecule has 3 N–H and O–H groups in total. The normalized spacial score (nSPS) is 16.3. The summed E-state index contributed by atoms with van der Waals surface area (Å²) < 4.78 is 0. The van der Waals surface area contributed by atoms with Crippen molar-refractivity contribution in [1.29, 1.82) is 0 Å². The zero-order valence-electron chi connectivity index (χ0n) is 16.8. The zero-order valence-corrected chi connectivity index (χ0v) is 16.8. The van der Waals surface area contributed by atoms with Gasteiger partial charge in [0.05, 0.1) is 17.3 Å². The molecule has 3 aromatic rings. The molecule has 2 aromatic carbocycles. The number of rotatable bonds is 4. The van der Waals surface area contributed by atoms with Crippen LogP contribution in [-0.4, -0.2) is 59.8 Å². The molecular formula is C23H26N4O2. The van der Waals surface area contributed by atoms with Gasteiger partial charge < -0.3 is 20.3 Å². The number of hydrogen-bond donors (Lipinski definition) is 3. The first kappa shape index (κ1) is 19.2. The van der Waals surface area contributed by atoms with Gasteiger partial charge in [0.1, 0.15) is 0 Å². The van der Waals surface area contributed by atoms with E-state index in [4.69, 9.17) is 4.99 Å². The fourth-order valence-electron chi connectivity index (χ4n) is 3.89. The number of aromatic nitrogens is 1. The molecule has 0 atom stereocenters. The Hall–Kier alpha value is -3.12. The molecule has 4 rings (SSSR count). The molecule has 1 aliphatic rings. The molecule has 0 saturated carbocycles. The van der Waals surface area contributed by atoms with Crippen LogP contribution in [-0.2, 0) is 0 Å². The number of aromatic amines is 1. The summed E-state index contributed by atoms with van der Waals surface area (Å²) in [6, 6.07) is 15.5. The second-order valence-corrected chi connectivity index (χ2v) is 7.57. The summed E-state index contributed by atoms with van der Waals surface area (Å²) in [7, 11) is 3.74. The molecular weight excluding hydrogens is 364 g/mol. The summed E-state index contributed by atoms with van der Waals surface area (Å²) in [6.45, 7) is 2.02. The van der Waals surface area contributed by atoms with Crippen LogP contribution in [0.4, 0.5) is 0 Å². The first-order valence-corrected chi connectivity index (χ1v) is 9.95. The van der Waals surface area contributed by atoms with Crippen molar-refractivity contribution in [3.63, 3.8) is 0 Å². The highest BCUT2D eigenvalue weighted by Gasteiger charge is 2.22. The van der Waals surface area contributed by atoms with E-state index >= 15 is 0 Å². The monoisotopic (exact) mass is 390 g/mol. The van der Waals surface area contributed by atoms with Gasteiger partial charge in [-0.2, -0.15) is 0 Å². The molecule has 29 heavy (non-hydrogen) atoms. The Bertz CT molecular complexity index is 1050. The summed E-state index contributed by atoms with van der Waals surface area (Å²) in [4.78, 5) is 22.6. The molecule has 1 aromatic heterocycles. The van der Waals surface area contributed by atoms with Crippen molar-refractivity contribution < 1.29 is 9.90 Å².